The average molecular weight is 234 g/mol. The highest BCUT2D eigenvalue weighted by atomic mass is 35.5. The van der Waals surface area contributed by atoms with Gasteiger partial charge in [-0.2, -0.15) is 0 Å². The SMILES string of the molecule is CCC(C)[C@H](N)c1ccc(Cl)cc1.Cl. The largest absolute Gasteiger partial charge is 0.324 e. The standard InChI is InChI=1S/C11H16ClN.ClH/c1-3-8(2)11(13)9-4-6-10(12)7-5-9;/h4-8,11H,3,13H2,1-2H3;1H/t8?,11-;/m0./s1. The molecule has 0 saturated heterocycles. The van der Waals surface area contributed by atoms with E-state index in [1.165, 1.54) is 5.56 Å². The molecule has 0 radical (unpaired) electrons. The molecule has 0 bridgehead atoms. The van der Waals surface area contributed by atoms with E-state index in [1.54, 1.807) is 0 Å². The lowest BCUT2D eigenvalue weighted by Gasteiger charge is -2.18. The zero-order valence-electron chi connectivity index (χ0n) is 8.53. The van der Waals surface area contributed by atoms with E-state index in [2.05, 4.69) is 13.8 Å². The predicted octanol–water partition coefficient (Wildman–Crippen LogP) is 3.81. The van der Waals surface area contributed by atoms with E-state index in [-0.39, 0.29) is 18.4 Å². The van der Waals surface area contributed by atoms with Crippen LogP contribution in [0.15, 0.2) is 24.3 Å². The molecule has 1 aromatic rings. The molecule has 3 heteroatoms. The fourth-order valence-electron chi connectivity index (χ4n) is 1.27. The summed E-state index contributed by atoms with van der Waals surface area (Å²) >= 11 is 5.79. The Morgan fingerprint density at radius 2 is 1.79 bits per heavy atom. The lowest BCUT2D eigenvalue weighted by Crippen LogP contribution is -2.18. The van der Waals surface area contributed by atoms with Crippen LogP contribution in [0.1, 0.15) is 31.9 Å². The summed E-state index contributed by atoms with van der Waals surface area (Å²) in [6.45, 7) is 4.32. The molecule has 0 saturated carbocycles. The molecule has 0 aliphatic heterocycles. The number of hydrogen-bond acceptors (Lipinski definition) is 1. The molecule has 0 fully saturated rings. The molecule has 1 unspecified atom stereocenters. The fraction of sp³-hybridized carbons (Fsp3) is 0.455. The van der Waals surface area contributed by atoms with Gasteiger partial charge in [-0.25, -0.2) is 0 Å². The average Bonchev–Trinajstić information content (AvgIpc) is 2.17. The predicted molar refractivity (Wildman–Crippen MR) is 65.1 cm³/mol. The van der Waals surface area contributed by atoms with Gasteiger partial charge >= 0.3 is 0 Å². The van der Waals surface area contributed by atoms with Crippen molar-refractivity contribution in [3.8, 4) is 0 Å². The second-order valence-electron chi connectivity index (χ2n) is 3.46. The van der Waals surface area contributed by atoms with Crippen LogP contribution < -0.4 is 5.73 Å². The molecule has 1 nitrogen and oxygen atoms in total. The first-order valence-electron chi connectivity index (χ1n) is 4.66. The van der Waals surface area contributed by atoms with Crippen molar-refractivity contribution in [1.82, 2.24) is 0 Å². The molecule has 2 atom stereocenters. The topological polar surface area (TPSA) is 26.0 Å². The minimum atomic E-state index is 0. The molecule has 0 aromatic heterocycles. The highest BCUT2D eigenvalue weighted by Gasteiger charge is 2.12. The van der Waals surface area contributed by atoms with Gasteiger partial charge in [-0.3, -0.25) is 0 Å². The Kier molecular flexibility index (Phi) is 6.17. The highest BCUT2D eigenvalue weighted by Crippen LogP contribution is 2.22. The Hall–Kier alpha value is -0.240. The van der Waals surface area contributed by atoms with Crippen LogP contribution in [0.3, 0.4) is 0 Å². The highest BCUT2D eigenvalue weighted by molar-refractivity contribution is 6.30. The van der Waals surface area contributed by atoms with Crippen LogP contribution in [0.4, 0.5) is 0 Å². The van der Waals surface area contributed by atoms with E-state index < -0.39 is 0 Å². The number of nitrogens with two attached hydrogens (primary N) is 1. The summed E-state index contributed by atoms with van der Waals surface area (Å²) in [5, 5.41) is 0.764. The molecule has 1 rings (SSSR count). The minimum absolute atomic E-state index is 0. The molecule has 0 amide bonds. The van der Waals surface area contributed by atoms with Crippen molar-refractivity contribution < 1.29 is 0 Å². The lowest BCUT2D eigenvalue weighted by atomic mass is 9.93. The van der Waals surface area contributed by atoms with Crippen LogP contribution in [0.25, 0.3) is 0 Å². The molecular weight excluding hydrogens is 217 g/mol. The maximum atomic E-state index is 6.06. The van der Waals surface area contributed by atoms with Gasteiger partial charge in [-0.1, -0.05) is 44.0 Å². The molecule has 0 spiro atoms. The molecule has 0 aliphatic rings. The summed E-state index contributed by atoms with van der Waals surface area (Å²) in [5.41, 5.74) is 7.22. The van der Waals surface area contributed by atoms with Crippen molar-refractivity contribution >= 4 is 24.0 Å². The van der Waals surface area contributed by atoms with E-state index in [0.29, 0.717) is 5.92 Å². The smallest absolute Gasteiger partial charge is 0.0406 e. The van der Waals surface area contributed by atoms with Crippen LogP contribution in [0.2, 0.25) is 5.02 Å². The molecule has 80 valence electrons. The molecule has 2 N–H and O–H groups in total. The van der Waals surface area contributed by atoms with Crippen LogP contribution in [0.5, 0.6) is 0 Å². The Bertz CT molecular complexity index is 258. The van der Waals surface area contributed by atoms with Gasteiger partial charge in [-0.15, -0.1) is 12.4 Å². The summed E-state index contributed by atoms with van der Waals surface area (Å²) < 4.78 is 0. The Morgan fingerprint density at radius 1 is 1.29 bits per heavy atom. The monoisotopic (exact) mass is 233 g/mol. The summed E-state index contributed by atoms with van der Waals surface area (Å²) in [7, 11) is 0. The van der Waals surface area contributed by atoms with Crippen LogP contribution in [-0.4, -0.2) is 0 Å². The zero-order chi connectivity index (χ0) is 9.84. The third-order valence-electron chi connectivity index (χ3n) is 2.51. The zero-order valence-corrected chi connectivity index (χ0v) is 10.1. The first kappa shape index (κ1) is 13.8. The van der Waals surface area contributed by atoms with E-state index in [0.717, 1.165) is 11.4 Å². The van der Waals surface area contributed by atoms with Crippen molar-refractivity contribution in [2.75, 3.05) is 0 Å². The lowest BCUT2D eigenvalue weighted by molar-refractivity contribution is 0.457. The summed E-state index contributed by atoms with van der Waals surface area (Å²) in [6.07, 6.45) is 1.10. The quantitative estimate of drug-likeness (QED) is 0.845. The molecule has 0 heterocycles. The van der Waals surface area contributed by atoms with Crippen molar-refractivity contribution in [3.63, 3.8) is 0 Å². The molecule has 1 aromatic carbocycles. The van der Waals surface area contributed by atoms with Gasteiger partial charge in [0.05, 0.1) is 0 Å². The first-order chi connectivity index (χ1) is 6.15. The third-order valence-corrected chi connectivity index (χ3v) is 2.76. The van der Waals surface area contributed by atoms with Crippen LogP contribution in [0, 0.1) is 5.92 Å². The first-order valence-corrected chi connectivity index (χ1v) is 5.04. The number of halogens is 2. The van der Waals surface area contributed by atoms with Gasteiger partial charge in [0.1, 0.15) is 0 Å². The van der Waals surface area contributed by atoms with E-state index in [4.69, 9.17) is 17.3 Å². The second-order valence-corrected chi connectivity index (χ2v) is 3.90. The van der Waals surface area contributed by atoms with E-state index >= 15 is 0 Å². The van der Waals surface area contributed by atoms with E-state index in [1.807, 2.05) is 24.3 Å². The number of benzene rings is 1. The van der Waals surface area contributed by atoms with E-state index in [9.17, 15) is 0 Å². The van der Waals surface area contributed by atoms with Crippen molar-refractivity contribution in [1.29, 1.82) is 0 Å². The Balaban J connectivity index is 0.00000169. The Morgan fingerprint density at radius 3 is 2.21 bits per heavy atom. The molecule has 0 aliphatic carbocycles. The van der Waals surface area contributed by atoms with Crippen molar-refractivity contribution in [3.05, 3.63) is 34.9 Å². The second kappa shape index (κ2) is 6.28. The third kappa shape index (κ3) is 3.49. The Labute approximate surface area is 97.1 Å². The van der Waals surface area contributed by atoms with Crippen molar-refractivity contribution in [2.24, 2.45) is 11.7 Å². The molecule has 14 heavy (non-hydrogen) atoms. The molecular formula is C11H17Cl2N. The fourth-order valence-corrected chi connectivity index (χ4v) is 1.39. The summed E-state index contributed by atoms with van der Waals surface area (Å²) in [5.74, 6) is 0.515. The maximum absolute atomic E-state index is 6.06. The summed E-state index contributed by atoms with van der Waals surface area (Å²) in [6, 6.07) is 7.90. The van der Waals surface area contributed by atoms with Gasteiger partial charge < -0.3 is 5.73 Å². The van der Waals surface area contributed by atoms with Crippen molar-refractivity contribution in [2.45, 2.75) is 26.3 Å². The van der Waals surface area contributed by atoms with Crippen LogP contribution >= 0.6 is 24.0 Å². The number of rotatable bonds is 3. The van der Waals surface area contributed by atoms with Crippen LogP contribution in [-0.2, 0) is 0 Å². The minimum Gasteiger partial charge on any atom is -0.324 e. The summed E-state index contributed by atoms with van der Waals surface area (Å²) in [4.78, 5) is 0. The van der Waals surface area contributed by atoms with Gasteiger partial charge in [0.2, 0.25) is 0 Å². The number of hydrogen-bond donors (Lipinski definition) is 1. The van der Waals surface area contributed by atoms with Gasteiger partial charge in [0.25, 0.3) is 0 Å². The van der Waals surface area contributed by atoms with Gasteiger partial charge in [0, 0.05) is 11.1 Å². The maximum Gasteiger partial charge on any atom is 0.0406 e. The van der Waals surface area contributed by atoms with Gasteiger partial charge in [0.15, 0.2) is 0 Å². The van der Waals surface area contributed by atoms with Gasteiger partial charge in [-0.05, 0) is 23.6 Å². The normalized spacial score (nSPS) is 14.3.